The standard InChI is InChI=1S/C15H15Cl2NO/c16-11-6-7-13(17)12(9-11)15(18)14(19)8-10-4-2-1-3-5-10/h1-7,9,14-15,19H,8,18H2/t14-,15+/m0/s1. The molecule has 0 saturated heterocycles. The average Bonchev–Trinajstić information content (AvgIpc) is 2.42. The van der Waals surface area contributed by atoms with Crippen molar-refractivity contribution in [2.75, 3.05) is 0 Å². The Morgan fingerprint density at radius 3 is 2.42 bits per heavy atom. The van der Waals surface area contributed by atoms with Crippen LogP contribution in [0, 0.1) is 0 Å². The summed E-state index contributed by atoms with van der Waals surface area (Å²) in [6.45, 7) is 0. The van der Waals surface area contributed by atoms with Crippen LogP contribution in [0.5, 0.6) is 0 Å². The van der Waals surface area contributed by atoms with E-state index in [2.05, 4.69) is 0 Å². The highest BCUT2D eigenvalue weighted by atomic mass is 35.5. The average molecular weight is 296 g/mol. The van der Waals surface area contributed by atoms with Gasteiger partial charge in [-0.3, -0.25) is 0 Å². The van der Waals surface area contributed by atoms with Gasteiger partial charge >= 0.3 is 0 Å². The smallest absolute Gasteiger partial charge is 0.0773 e. The Hall–Kier alpha value is -1.06. The van der Waals surface area contributed by atoms with Crippen molar-refractivity contribution in [1.29, 1.82) is 0 Å². The molecule has 0 aliphatic carbocycles. The van der Waals surface area contributed by atoms with Crippen molar-refractivity contribution in [2.24, 2.45) is 5.73 Å². The lowest BCUT2D eigenvalue weighted by molar-refractivity contribution is 0.145. The lowest BCUT2D eigenvalue weighted by atomic mass is 9.97. The highest BCUT2D eigenvalue weighted by Gasteiger charge is 2.20. The van der Waals surface area contributed by atoms with Crippen molar-refractivity contribution in [1.82, 2.24) is 0 Å². The molecule has 0 aromatic heterocycles. The molecule has 2 atom stereocenters. The minimum atomic E-state index is -0.710. The first-order valence-electron chi connectivity index (χ1n) is 6.00. The van der Waals surface area contributed by atoms with Crippen LogP contribution in [-0.2, 0) is 6.42 Å². The SMILES string of the molecule is N[C@H](c1cc(Cl)ccc1Cl)[C@@H](O)Cc1ccccc1. The predicted molar refractivity (Wildman–Crippen MR) is 79.5 cm³/mol. The molecular formula is C15H15Cl2NO. The molecule has 0 amide bonds. The highest BCUT2D eigenvalue weighted by molar-refractivity contribution is 6.33. The van der Waals surface area contributed by atoms with E-state index in [0.717, 1.165) is 5.56 Å². The van der Waals surface area contributed by atoms with Crippen molar-refractivity contribution in [2.45, 2.75) is 18.6 Å². The van der Waals surface area contributed by atoms with E-state index in [-0.39, 0.29) is 0 Å². The van der Waals surface area contributed by atoms with Gasteiger partial charge in [0.15, 0.2) is 0 Å². The summed E-state index contributed by atoms with van der Waals surface area (Å²) in [5, 5.41) is 11.3. The number of aliphatic hydroxyl groups excluding tert-OH is 1. The Kier molecular flexibility index (Phi) is 4.83. The monoisotopic (exact) mass is 295 g/mol. The van der Waals surface area contributed by atoms with Crippen LogP contribution in [0.25, 0.3) is 0 Å². The van der Waals surface area contributed by atoms with Crippen molar-refractivity contribution in [3.05, 3.63) is 69.7 Å². The maximum Gasteiger partial charge on any atom is 0.0773 e. The largest absolute Gasteiger partial charge is 0.391 e. The summed E-state index contributed by atoms with van der Waals surface area (Å²) >= 11 is 12.0. The maximum atomic E-state index is 10.2. The van der Waals surface area contributed by atoms with E-state index in [1.807, 2.05) is 30.3 Å². The van der Waals surface area contributed by atoms with Crippen LogP contribution in [0.2, 0.25) is 10.0 Å². The van der Waals surface area contributed by atoms with Gasteiger partial charge in [0.25, 0.3) is 0 Å². The Morgan fingerprint density at radius 2 is 1.74 bits per heavy atom. The summed E-state index contributed by atoms with van der Waals surface area (Å²) in [6.07, 6.45) is -0.233. The maximum absolute atomic E-state index is 10.2. The molecule has 0 unspecified atom stereocenters. The molecule has 3 N–H and O–H groups in total. The Morgan fingerprint density at radius 1 is 1.05 bits per heavy atom. The first-order chi connectivity index (χ1) is 9.08. The summed E-state index contributed by atoms with van der Waals surface area (Å²) in [6, 6.07) is 14.2. The summed E-state index contributed by atoms with van der Waals surface area (Å²) in [5.41, 5.74) is 7.76. The van der Waals surface area contributed by atoms with Gasteiger partial charge in [0.1, 0.15) is 0 Å². The quantitative estimate of drug-likeness (QED) is 0.905. The van der Waals surface area contributed by atoms with Crippen molar-refractivity contribution in [3.8, 4) is 0 Å². The first kappa shape index (κ1) is 14.4. The predicted octanol–water partition coefficient (Wildman–Crippen LogP) is 3.60. The molecule has 0 aliphatic heterocycles. The van der Waals surface area contributed by atoms with Gasteiger partial charge in [-0.25, -0.2) is 0 Å². The number of halogens is 2. The Labute approximate surface area is 122 Å². The molecule has 0 fully saturated rings. The molecule has 0 heterocycles. The van der Waals surface area contributed by atoms with Crippen LogP contribution in [0.4, 0.5) is 0 Å². The van der Waals surface area contributed by atoms with Crippen molar-refractivity contribution >= 4 is 23.2 Å². The van der Waals surface area contributed by atoms with Crippen LogP contribution >= 0.6 is 23.2 Å². The molecule has 2 aromatic rings. The molecule has 0 bridgehead atoms. The van der Waals surface area contributed by atoms with Gasteiger partial charge in [-0.2, -0.15) is 0 Å². The summed E-state index contributed by atoms with van der Waals surface area (Å²) in [4.78, 5) is 0. The van der Waals surface area contributed by atoms with Crippen LogP contribution in [-0.4, -0.2) is 11.2 Å². The number of nitrogens with two attached hydrogens (primary N) is 1. The molecule has 2 nitrogen and oxygen atoms in total. The van der Waals surface area contributed by atoms with Crippen LogP contribution in [0.3, 0.4) is 0 Å². The molecule has 0 radical (unpaired) electrons. The summed E-state index contributed by atoms with van der Waals surface area (Å²) in [5.74, 6) is 0. The van der Waals surface area contributed by atoms with Gasteiger partial charge in [0, 0.05) is 16.5 Å². The van der Waals surface area contributed by atoms with E-state index in [1.54, 1.807) is 18.2 Å². The van der Waals surface area contributed by atoms with E-state index in [4.69, 9.17) is 28.9 Å². The molecule has 0 aliphatic rings. The molecule has 2 rings (SSSR count). The Balaban J connectivity index is 2.14. The molecule has 0 saturated carbocycles. The second-order valence-electron chi connectivity index (χ2n) is 4.45. The van der Waals surface area contributed by atoms with E-state index in [0.29, 0.717) is 22.0 Å². The lowest BCUT2D eigenvalue weighted by Gasteiger charge is -2.20. The van der Waals surface area contributed by atoms with Gasteiger partial charge in [-0.1, -0.05) is 53.5 Å². The third-order valence-corrected chi connectivity index (χ3v) is 3.60. The van der Waals surface area contributed by atoms with Gasteiger partial charge in [0.2, 0.25) is 0 Å². The van der Waals surface area contributed by atoms with E-state index in [1.165, 1.54) is 0 Å². The number of hydrogen-bond acceptors (Lipinski definition) is 2. The highest BCUT2D eigenvalue weighted by Crippen LogP contribution is 2.27. The van der Waals surface area contributed by atoms with Crippen molar-refractivity contribution in [3.63, 3.8) is 0 Å². The van der Waals surface area contributed by atoms with E-state index < -0.39 is 12.1 Å². The second kappa shape index (κ2) is 6.40. The topological polar surface area (TPSA) is 46.2 Å². The van der Waals surface area contributed by atoms with E-state index >= 15 is 0 Å². The number of hydrogen-bond donors (Lipinski definition) is 2. The minimum absolute atomic E-state index is 0.477. The third kappa shape index (κ3) is 3.71. The molecule has 19 heavy (non-hydrogen) atoms. The second-order valence-corrected chi connectivity index (χ2v) is 5.29. The number of benzene rings is 2. The van der Waals surface area contributed by atoms with Gasteiger partial charge in [-0.05, 0) is 29.3 Å². The zero-order valence-corrected chi connectivity index (χ0v) is 11.8. The van der Waals surface area contributed by atoms with Crippen LogP contribution in [0.15, 0.2) is 48.5 Å². The van der Waals surface area contributed by atoms with Crippen LogP contribution < -0.4 is 5.73 Å². The fourth-order valence-electron chi connectivity index (χ4n) is 1.96. The van der Waals surface area contributed by atoms with Gasteiger partial charge in [-0.15, -0.1) is 0 Å². The minimum Gasteiger partial charge on any atom is -0.391 e. The number of aliphatic hydroxyl groups is 1. The van der Waals surface area contributed by atoms with Crippen molar-refractivity contribution < 1.29 is 5.11 Å². The lowest BCUT2D eigenvalue weighted by Crippen LogP contribution is -2.28. The van der Waals surface area contributed by atoms with Gasteiger partial charge in [0.05, 0.1) is 12.1 Å². The van der Waals surface area contributed by atoms with E-state index in [9.17, 15) is 5.11 Å². The van der Waals surface area contributed by atoms with Crippen LogP contribution in [0.1, 0.15) is 17.2 Å². The molecule has 2 aromatic carbocycles. The summed E-state index contributed by atoms with van der Waals surface area (Å²) < 4.78 is 0. The fourth-order valence-corrected chi connectivity index (χ4v) is 2.38. The first-order valence-corrected chi connectivity index (χ1v) is 6.76. The molecular weight excluding hydrogens is 281 g/mol. The Bertz CT molecular complexity index is 545. The summed E-state index contributed by atoms with van der Waals surface area (Å²) in [7, 11) is 0. The molecule has 4 heteroatoms. The normalized spacial score (nSPS) is 14.1. The number of rotatable bonds is 4. The molecule has 100 valence electrons. The zero-order valence-electron chi connectivity index (χ0n) is 10.3. The zero-order chi connectivity index (χ0) is 13.8. The third-order valence-electron chi connectivity index (χ3n) is 3.02. The van der Waals surface area contributed by atoms with Gasteiger partial charge < -0.3 is 10.8 Å². The fraction of sp³-hybridized carbons (Fsp3) is 0.200. The molecule has 0 spiro atoms.